The van der Waals surface area contributed by atoms with E-state index in [-0.39, 0.29) is 17.4 Å². The largest absolute Gasteiger partial charge is 0.350 e. The maximum atomic E-state index is 12.9. The van der Waals surface area contributed by atoms with Gasteiger partial charge in [-0.25, -0.2) is 4.39 Å². The third-order valence-electron chi connectivity index (χ3n) is 3.45. The van der Waals surface area contributed by atoms with Crippen LogP contribution in [0.15, 0.2) is 36.8 Å². The van der Waals surface area contributed by atoms with Gasteiger partial charge >= 0.3 is 0 Å². The molecule has 1 aromatic carbocycles. The molecule has 0 radical (unpaired) electrons. The molecule has 8 nitrogen and oxygen atoms in total. The molecule has 0 aliphatic carbocycles. The van der Waals surface area contributed by atoms with Crippen molar-refractivity contribution < 1.29 is 9.18 Å². The van der Waals surface area contributed by atoms with Crippen molar-refractivity contribution in [2.75, 3.05) is 6.54 Å². The topological polar surface area (TPSA) is 90.5 Å². The number of aryl methyl sites for hydroxylation is 1. The molecule has 1 amide bonds. The molecule has 3 rings (SSSR count). The summed E-state index contributed by atoms with van der Waals surface area (Å²) in [4.78, 5) is 13.4. The number of aromatic nitrogens is 6. The van der Waals surface area contributed by atoms with Gasteiger partial charge in [0.1, 0.15) is 18.0 Å². The third kappa shape index (κ3) is 3.45. The minimum atomic E-state index is -0.344. The van der Waals surface area contributed by atoms with E-state index in [9.17, 15) is 9.18 Å². The van der Waals surface area contributed by atoms with Crippen molar-refractivity contribution in [1.82, 2.24) is 35.1 Å². The Balaban J connectivity index is 1.59. The van der Waals surface area contributed by atoms with E-state index in [1.165, 1.54) is 35.3 Å². The highest BCUT2D eigenvalue weighted by atomic mass is 19.1. The Morgan fingerprint density at radius 3 is 2.83 bits per heavy atom. The van der Waals surface area contributed by atoms with Crippen molar-refractivity contribution in [2.45, 2.75) is 19.9 Å². The van der Waals surface area contributed by atoms with E-state index in [0.29, 0.717) is 18.7 Å². The van der Waals surface area contributed by atoms with Crippen molar-refractivity contribution in [1.29, 1.82) is 0 Å². The summed E-state index contributed by atoms with van der Waals surface area (Å²) in [6.45, 7) is 3.20. The fraction of sp³-hybridized carbons (Fsp3) is 0.267. The Bertz CT molecular complexity index is 824. The second-order valence-corrected chi connectivity index (χ2v) is 5.03. The highest BCUT2D eigenvalue weighted by molar-refractivity contribution is 5.91. The molecule has 0 fully saturated rings. The first-order valence-electron chi connectivity index (χ1n) is 7.50. The Labute approximate surface area is 137 Å². The van der Waals surface area contributed by atoms with Gasteiger partial charge in [0.2, 0.25) is 0 Å². The van der Waals surface area contributed by atoms with E-state index in [0.717, 1.165) is 12.4 Å². The Morgan fingerprint density at radius 1 is 1.29 bits per heavy atom. The van der Waals surface area contributed by atoms with Crippen molar-refractivity contribution >= 4 is 5.91 Å². The van der Waals surface area contributed by atoms with Gasteiger partial charge < -0.3 is 9.88 Å². The van der Waals surface area contributed by atoms with Gasteiger partial charge in [0, 0.05) is 19.5 Å². The normalized spacial score (nSPS) is 10.8. The lowest BCUT2D eigenvalue weighted by Gasteiger charge is -2.04. The summed E-state index contributed by atoms with van der Waals surface area (Å²) in [5.41, 5.74) is 0.766. The summed E-state index contributed by atoms with van der Waals surface area (Å²) < 4.78 is 14.8. The lowest BCUT2D eigenvalue weighted by Crippen LogP contribution is -2.27. The van der Waals surface area contributed by atoms with Crippen LogP contribution < -0.4 is 5.32 Å². The van der Waals surface area contributed by atoms with Gasteiger partial charge in [0.15, 0.2) is 5.69 Å². The number of hydrogen-bond acceptors (Lipinski definition) is 5. The Morgan fingerprint density at radius 2 is 2.08 bits per heavy atom. The molecule has 0 saturated carbocycles. The monoisotopic (exact) mass is 329 g/mol. The van der Waals surface area contributed by atoms with Crippen LogP contribution in [0.2, 0.25) is 0 Å². The molecule has 0 spiro atoms. The zero-order chi connectivity index (χ0) is 16.9. The van der Waals surface area contributed by atoms with Crippen LogP contribution in [-0.2, 0) is 13.0 Å². The number of rotatable bonds is 6. The van der Waals surface area contributed by atoms with Gasteiger partial charge in [0.25, 0.3) is 5.91 Å². The number of carbonyl (C=O) groups excluding carboxylic acids is 1. The van der Waals surface area contributed by atoms with Crippen LogP contribution in [-0.4, -0.2) is 42.2 Å². The maximum Gasteiger partial charge on any atom is 0.273 e. The van der Waals surface area contributed by atoms with E-state index in [2.05, 4.69) is 25.7 Å². The van der Waals surface area contributed by atoms with Gasteiger partial charge in [-0.05, 0) is 31.2 Å². The van der Waals surface area contributed by atoms with Gasteiger partial charge in [-0.3, -0.25) is 4.79 Å². The van der Waals surface area contributed by atoms with Crippen LogP contribution in [0.1, 0.15) is 23.2 Å². The van der Waals surface area contributed by atoms with E-state index in [1.54, 1.807) is 6.33 Å². The molecular formula is C15H16FN7O. The molecule has 0 atom stereocenters. The van der Waals surface area contributed by atoms with E-state index < -0.39 is 0 Å². The predicted octanol–water partition coefficient (Wildman–Crippen LogP) is 0.990. The standard InChI is InChI=1S/C15H16FN7O/c1-2-22-10-18-20-14(22)7-8-17-15(24)13-9-19-23(21-13)12-5-3-11(16)4-6-12/h3-6,9-10H,2,7-8H2,1H3,(H,17,24). The zero-order valence-corrected chi connectivity index (χ0v) is 13.1. The number of hydrogen-bond donors (Lipinski definition) is 1. The van der Waals surface area contributed by atoms with Gasteiger partial charge in [0.05, 0.1) is 11.9 Å². The van der Waals surface area contributed by atoms with Crippen LogP contribution >= 0.6 is 0 Å². The van der Waals surface area contributed by atoms with Crippen molar-refractivity contribution in [3.8, 4) is 5.69 Å². The zero-order valence-electron chi connectivity index (χ0n) is 13.1. The number of carbonyl (C=O) groups is 1. The predicted molar refractivity (Wildman–Crippen MR) is 83.1 cm³/mol. The Hall–Kier alpha value is -3.10. The minimum Gasteiger partial charge on any atom is -0.350 e. The van der Waals surface area contributed by atoms with E-state index in [4.69, 9.17) is 0 Å². The molecule has 0 bridgehead atoms. The molecule has 2 aromatic heterocycles. The number of nitrogens with zero attached hydrogens (tertiary/aromatic N) is 6. The lowest BCUT2D eigenvalue weighted by atomic mass is 10.3. The number of halogens is 1. The van der Waals surface area contributed by atoms with Crippen LogP contribution in [0, 0.1) is 5.82 Å². The summed E-state index contributed by atoms with van der Waals surface area (Å²) >= 11 is 0. The first-order valence-corrected chi connectivity index (χ1v) is 7.50. The lowest BCUT2D eigenvalue weighted by molar-refractivity contribution is 0.0948. The number of nitrogens with one attached hydrogen (secondary N) is 1. The molecule has 0 saturated heterocycles. The average Bonchev–Trinajstić information content (AvgIpc) is 3.24. The SMILES string of the molecule is CCn1cnnc1CCNC(=O)c1cnn(-c2ccc(F)cc2)n1. The first-order chi connectivity index (χ1) is 11.7. The van der Waals surface area contributed by atoms with Crippen LogP contribution in [0.5, 0.6) is 0 Å². The highest BCUT2D eigenvalue weighted by Crippen LogP contribution is 2.07. The third-order valence-corrected chi connectivity index (χ3v) is 3.45. The quantitative estimate of drug-likeness (QED) is 0.728. The minimum absolute atomic E-state index is 0.191. The second kappa shape index (κ2) is 6.99. The molecule has 9 heteroatoms. The summed E-state index contributed by atoms with van der Waals surface area (Å²) in [6.07, 6.45) is 3.60. The van der Waals surface area contributed by atoms with E-state index >= 15 is 0 Å². The first kappa shape index (κ1) is 15.8. The molecule has 2 heterocycles. The van der Waals surface area contributed by atoms with E-state index in [1.807, 2.05) is 11.5 Å². The van der Waals surface area contributed by atoms with Crippen LogP contribution in [0.4, 0.5) is 4.39 Å². The second-order valence-electron chi connectivity index (χ2n) is 5.03. The molecule has 0 unspecified atom stereocenters. The van der Waals surface area contributed by atoms with Gasteiger partial charge in [-0.1, -0.05) is 0 Å². The number of benzene rings is 1. The molecule has 3 aromatic rings. The van der Waals surface area contributed by atoms with Gasteiger partial charge in [-0.15, -0.1) is 15.3 Å². The molecule has 0 aliphatic heterocycles. The molecule has 124 valence electrons. The van der Waals surface area contributed by atoms with Crippen molar-refractivity contribution in [3.05, 3.63) is 54.1 Å². The smallest absolute Gasteiger partial charge is 0.273 e. The van der Waals surface area contributed by atoms with Gasteiger partial charge in [-0.2, -0.15) is 9.90 Å². The Kier molecular flexibility index (Phi) is 4.59. The molecule has 24 heavy (non-hydrogen) atoms. The fourth-order valence-corrected chi connectivity index (χ4v) is 2.18. The summed E-state index contributed by atoms with van der Waals surface area (Å²) in [6, 6.07) is 5.69. The maximum absolute atomic E-state index is 12.9. The van der Waals surface area contributed by atoms with Crippen LogP contribution in [0.25, 0.3) is 5.69 Å². The molecule has 0 aliphatic rings. The van der Waals surface area contributed by atoms with Crippen molar-refractivity contribution in [3.63, 3.8) is 0 Å². The summed E-state index contributed by atoms with van der Waals surface area (Å²) in [5.74, 6) is 0.141. The van der Waals surface area contributed by atoms with Crippen LogP contribution in [0.3, 0.4) is 0 Å². The van der Waals surface area contributed by atoms with Crippen molar-refractivity contribution in [2.24, 2.45) is 0 Å². The average molecular weight is 329 g/mol. The molecule has 1 N–H and O–H groups in total. The highest BCUT2D eigenvalue weighted by Gasteiger charge is 2.12. The summed E-state index contributed by atoms with van der Waals surface area (Å²) in [5, 5.41) is 18.7. The fourth-order valence-electron chi connectivity index (χ4n) is 2.18. The summed E-state index contributed by atoms with van der Waals surface area (Å²) in [7, 11) is 0. The molecular weight excluding hydrogens is 313 g/mol. The number of amides is 1.